The molecule has 6 nitrogen and oxygen atoms in total. The summed E-state index contributed by atoms with van der Waals surface area (Å²) in [5.74, 6) is 0.998. The van der Waals surface area contributed by atoms with Crippen molar-refractivity contribution in [1.29, 1.82) is 0 Å². The minimum Gasteiger partial charge on any atom is -0.365 e. The number of carbonyl (C=O) groups is 1. The molecule has 1 fully saturated rings. The summed E-state index contributed by atoms with van der Waals surface area (Å²) in [5.41, 5.74) is 0.950. The lowest BCUT2D eigenvalue weighted by Crippen LogP contribution is -2.57. The number of likely N-dealkylation sites (tertiary alicyclic amines) is 1. The highest BCUT2D eigenvalue weighted by Crippen LogP contribution is 2.13. The highest BCUT2D eigenvalue weighted by molar-refractivity contribution is 5.77. The summed E-state index contributed by atoms with van der Waals surface area (Å²) < 4.78 is 0. The Balaban J connectivity index is 1.75. The number of carbonyl (C=O) groups excluding carboxylic acids is 1. The van der Waals surface area contributed by atoms with Gasteiger partial charge in [0, 0.05) is 38.9 Å². The van der Waals surface area contributed by atoms with Crippen LogP contribution in [0.5, 0.6) is 0 Å². The third-order valence-corrected chi connectivity index (χ3v) is 2.97. The Bertz CT molecular complexity index is 428. The number of anilines is 1. The van der Waals surface area contributed by atoms with E-state index in [1.165, 1.54) is 0 Å². The lowest BCUT2D eigenvalue weighted by Gasteiger charge is -2.39. The van der Waals surface area contributed by atoms with Crippen LogP contribution >= 0.6 is 0 Å². The van der Waals surface area contributed by atoms with Gasteiger partial charge in [0.25, 0.3) is 0 Å². The van der Waals surface area contributed by atoms with Crippen LogP contribution in [-0.2, 0) is 4.79 Å². The van der Waals surface area contributed by atoms with Crippen LogP contribution in [0.3, 0.4) is 0 Å². The molecule has 1 aromatic heterocycles. The summed E-state index contributed by atoms with van der Waals surface area (Å²) in [5, 5.41) is 3.33. The molecule has 0 bridgehead atoms. The van der Waals surface area contributed by atoms with Crippen LogP contribution in [0.15, 0.2) is 12.4 Å². The molecule has 98 valence electrons. The molecule has 0 spiro atoms. The van der Waals surface area contributed by atoms with Gasteiger partial charge in [0.2, 0.25) is 5.91 Å². The number of nitrogens with zero attached hydrogens (tertiary/aromatic N) is 4. The van der Waals surface area contributed by atoms with Crippen LogP contribution in [0.2, 0.25) is 0 Å². The maximum atomic E-state index is 11.5. The quantitative estimate of drug-likeness (QED) is 0.812. The number of rotatable bonds is 4. The summed E-state index contributed by atoms with van der Waals surface area (Å²) in [6.07, 6.45) is 1.56. The zero-order valence-electron chi connectivity index (χ0n) is 11.1. The molecule has 18 heavy (non-hydrogen) atoms. The van der Waals surface area contributed by atoms with Gasteiger partial charge in [-0.05, 0) is 6.92 Å². The molecule has 0 saturated carbocycles. The molecule has 2 heterocycles. The maximum absolute atomic E-state index is 11.5. The normalized spacial score (nSPS) is 16.2. The molecule has 0 radical (unpaired) electrons. The zero-order chi connectivity index (χ0) is 13.1. The zero-order valence-corrected chi connectivity index (χ0v) is 11.1. The molecular formula is C12H19N5O. The Hall–Kier alpha value is -1.69. The van der Waals surface area contributed by atoms with Crippen molar-refractivity contribution in [2.75, 3.05) is 39.0 Å². The van der Waals surface area contributed by atoms with Crippen molar-refractivity contribution in [2.24, 2.45) is 0 Å². The molecule has 0 unspecified atom stereocenters. The van der Waals surface area contributed by atoms with E-state index < -0.39 is 0 Å². The van der Waals surface area contributed by atoms with E-state index in [0.717, 1.165) is 24.6 Å². The summed E-state index contributed by atoms with van der Waals surface area (Å²) >= 11 is 0. The fourth-order valence-electron chi connectivity index (χ4n) is 1.87. The fraction of sp³-hybridized carbons (Fsp3) is 0.583. The standard InChI is InChI=1S/C12H19N5O/c1-9-4-11(14-8-13-9)15-10-5-17(6-10)7-12(18)16(2)3/h4,8,10H,5-7H2,1-3H3,(H,13,14,15). The van der Waals surface area contributed by atoms with Gasteiger partial charge in [0.05, 0.1) is 12.6 Å². The number of aryl methyl sites for hydroxylation is 1. The molecule has 1 aliphatic rings. The van der Waals surface area contributed by atoms with Crippen LogP contribution in [0, 0.1) is 6.92 Å². The number of hydrogen-bond acceptors (Lipinski definition) is 5. The predicted octanol–water partition coefficient (Wildman–Crippen LogP) is -0.0307. The van der Waals surface area contributed by atoms with Gasteiger partial charge in [-0.3, -0.25) is 9.69 Å². The van der Waals surface area contributed by atoms with Gasteiger partial charge in [-0.1, -0.05) is 0 Å². The number of likely N-dealkylation sites (N-methyl/N-ethyl adjacent to an activating group) is 1. The van der Waals surface area contributed by atoms with Crippen molar-refractivity contribution in [3.05, 3.63) is 18.1 Å². The Kier molecular flexibility index (Phi) is 3.76. The van der Waals surface area contributed by atoms with Crippen molar-refractivity contribution >= 4 is 11.7 Å². The van der Waals surface area contributed by atoms with Crippen molar-refractivity contribution in [2.45, 2.75) is 13.0 Å². The summed E-state index contributed by atoms with van der Waals surface area (Å²) in [6.45, 7) is 4.19. The Morgan fingerprint density at radius 2 is 2.22 bits per heavy atom. The predicted molar refractivity (Wildman–Crippen MR) is 69.3 cm³/mol. The SMILES string of the molecule is Cc1cc(NC2CN(CC(=O)N(C)C)C2)ncn1. The first-order valence-electron chi connectivity index (χ1n) is 6.02. The third kappa shape index (κ3) is 3.16. The first kappa shape index (κ1) is 12.8. The molecule has 1 N–H and O–H groups in total. The molecule has 2 rings (SSSR count). The minimum atomic E-state index is 0.145. The van der Waals surface area contributed by atoms with Crippen molar-refractivity contribution in [3.63, 3.8) is 0 Å². The molecule has 6 heteroatoms. The number of nitrogens with one attached hydrogen (secondary N) is 1. The lowest BCUT2D eigenvalue weighted by atomic mass is 10.1. The summed E-state index contributed by atoms with van der Waals surface area (Å²) in [7, 11) is 3.56. The summed E-state index contributed by atoms with van der Waals surface area (Å²) in [6, 6.07) is 2.29. The Morgan fingerprint density at radius 1 is 1.50 bits per heavy atom. The molecular weight excluding hydrogens is 230 g/mol. The van der Waals surface area contributed by atoms with Crippen LogP contribution in [0.25, 0.3) is 0 Å². The lowest BCUT2D eigenvalue weighted by molar-refractivity contribution is -0.130. The molecule has 1 saturated heterocycles. The topological polar surface area (TPSA) is 61.4 Å². The maximum Gasteiger partial charge on any atom is 0.236 e. The second-order valence-electron chi connectivity index (χ2n) is 4.87. The highest BCUT2D eigenvalue weighted by Gasteiger charge is 2.28. The Labute approximate surface area is 107 Å². The van der Waals surface area contributed by atoms with E-state index in [0.29, 0.717) is 12.6 Å². The van der Waals surface area contributed by atoms with E-state index in [2.05, 4.69) is 20.2 Å². The van der Waals surface area contributed by atoms with Crippen molar-refractivity contribution in [3.8, 4) is 0 Å². The van der Waals surface area contributed by atoms with Crippen LogP contribution in [0.1, 0.15) is 5.69 Å². The van der Waals surface area contributed by atoms with Gasteiger partial charge in [-0.25, -0.2) is 9.97 Å². The average Bonchev–Trinajstić information content (AvgIpc) is 2.25. The van der Waals surface area contributed by atoms with E-state index >= 15 is 0 Å². The summed E-state index contributed by atoms with van der Waals surface area (Å²) in [4.78, 5) is 23.5. The molecule has 0 aromatic carbocycles. The second kappa shape index (κ2) is 5.30. The van der Waals surface area contributed by atoms with E-state index in [-0.39, 0.29) is 5.91 Å². The van der Waals surface area contributed by atoms with E-state index in [1.807, 2.05) is 13.0 Å². The van der Waals surface area contributed by atoms with Crippen LogP contribution in [-0.4, -0.2) is 65.4 Å². The molecule has 1 amide bonds. The van der Waals surface area contributed by atoms with E-state index in [9.17, 15) is 4.79 Å². The first-order valence-corrected chi connectivity index (χ1v) is 6.02. The third-order valence-electron chi connectivity index (χ3n) is 2.97. The van der Waals surface area contributed by atoms with Gasteiger partial charge >= 0.3 is 0 Å². The van der Waals surface area contributed by atoms with Gasteiger partial charge in [0.15, 0.2) is 0 Å². The molecule has 1 aliphatic heterocycles. The van der Waals surface area contributed by atoms with Crippen LogP contribution < -0.4 is 5.32 Å². The highest BCUT2D eigenvalue weighted by atomic mass is 16.2. The van der Waals surface area contributed by atoms with Crippen molar-refractivity contribution in [1.82, 2.24) is 19.8 Å². The first-order chi connectivity index (χ1) is 8.54. The van der Waals surface area contributed by atoms with Crippen molar-refractivity contribution < 1.29 is 4.79 Å². The fourth-order valence-corrected chi connectivity index (χ4v) is 1.87. The van der Waals surface area contributed by atoms with Crippen LogP contribution in [0.4, 0.5) is 5.82 Å². The van der Waals surface area contributed by atoms with E-state index in [1.54, 1.807) is 25.3 Å². The van der Waals surface area contributed by atoms with Gasteiger partial charge in [-0.15, -0.1) is 0 Å². The minimum absolute atomic E-state index is 0.145. The van der Waals surface area contributed by atoms with Gasteiger partial charge in [0.1, 0.15) is 12.1 Å². The largest absolute Gasteiger partial charge is 0.365 e. The number of hydrogen-bond donors (Lipinski definition) is 1. The smallest absolute Gasteiger partial charge is 0.236 e. The molecule has 1 aromatic rings. The van der Waals surface area contributed by atoms with Gasteiger partial charge in [-0.2, -0.15) is 0 Å². The molecule has 0 atom stereocenters. The molecule has 0 aliphatic carbocycles. The van der Waals surface area contributed by atoms with Gasteiger partial charge < -0.3 is 10.2 Å². The second-order valence-corrected chi connectivity index (χ2v) is 4.87. The van der Waals surface area contributed by atoms with E-state index in [4.69, 9.17) is 0 Å². The Morgan fingerprint density at radius 3 is 2.83 bits per heavy atom. The number of amides is 1. The average molecular weight is 249 g/mol. The number of aromatic nitrogens is 2. The monoisotopic (exact) mass is 249 g/mol.